The van der Waals surface area contributed by atoms with Crippen molar-refractivity contribution in [2.24, 2.45) is 0 Å². The second-order valence-corrected chi connectivity index (χ2v) is 15.4. The molecule has 1 fully saturated rings. The van der Waals surface area contributed by atoms with Gasteiger partial charge in [0.05, 0.1) is 19.3 Å². The van der Waals surface area contributed by atoms with Gasteiger partial charge < -0.3 is 18.8 Å². The summed E-state index contributed by atoms with van der Waals surface area (Å²) in [4.78, 5) is 25.9. The van der Waals surface area contributed by atoms with E-state index in [0.29, 0.717) is 13.0 Å². The molecule has 0 aromatic carbocycles. The van der Waals surface area contributed by atoms with Gasteiger partial charge in [-0.3, -0.25) is 4.79 Å². The summed E-state index contributed by atoms with van der Waals surface area (Å²) in [6.07, 6.45) is 7.46. The molecule has 1 aliphatic heterocycles. The predicted molar refractivity (Wildman–Crippen MR) is 123 cm³/mol. The van der Waals surface area contributed by atoms with Crippen molar-refractivity contribution in [2.75, 3.05) is 13.7 Å². The van der Waals surface area contributed by atoms with Crippen LogP contribution in [0.25, 0.3) is 0 Å². The minimum absolute atomic E-state index is 0.0122. The molecule has 0 aliphatic carbocycles. The molecule has 0 saturated carbocycles. The Bertz CT molecular complexity index is 604. The van der Waals surface area contributed by atoms with Crippen LogP contribution in [0.2, 0.25) is 18.1 Å². The van der Waals surface area contributed by atoms with Crippen LogP contribution in [0.1, 0.15) is 73.6 Å². The first kappa shape index (κ1) is 26.7. The van der Waals surface area contributed by atoms with E-state index < -0.39 is 13.9 Å². The van der Waals surface area contributed by atoms with E-state index in [9.17, 15) is 9.59 Å². The van der Waals surface area contributed by atoms with E-state index >= 15 is 0 Å². The minimum Gasteiger partial charge on any atom is -0.469 e. The van der Waals surface area contributed by atoms with Crippen molar-refractivity contribution < 1.29 is 23.5 Å². The number of ether oxygens (including phenoxy) is 2. The molecule has 1 amide bonds. The van der Waals surface area contributed by atoms with Crippen molar-refractivity contribution in [3.8, 4) is 0 Å². The van der Waals surface area contributed by atoms with Crippen LogP contribution in [-0.4, -0.2) is 56.7 Å². The van der Waals surface area contributed by atoms with E-state index in [1.54, 1.807) is 0 Å². The predicted octanol–water partition coefficient (Wildman–Crippen LogP) is 5.68. The summed E-state index contributed by atoms with van der Waals surface area (Å²) in [5.74, 6) is -0.182. The van der Waals surface area contributed by atoms with Crippen molar-refractivity contribution in [2.45, 2.75) is 110 Å². The molecular formula is C23H43NO5Si. The molecule has 1 saturated heterocycles. The first-order valence-corrected chi connectivity index (χ1v) is 14.0. The molecule has 30 heavy (non-hydrogen) atoms. The summed E-state index contributed by atoms with van der Waals surface area (Å²) in [6.45, 7) is 17.5. The number of nitrogens with zero attached hydrogens (tertiary/aromatic N) is 1. The Balaban J connectivity index is 2.84. The number of rotatable bonds is 8. The molecule has 1 rings (SSSR count). The molecule has 0 aromatic rings. The molecule has 1 aliphatic rings. The zero-order valence-corrected chi connectivity index (χ0v) is 21.5. The lowest BCUT2D eigenvalue weighted by molar-refractivity contribution is -0.140. The topological polar surface area (TPSA) is 65.1 Å². The number of esters is 1. The van der Waals surface area contributed by atoms with Crippen LogP contribution < -0.4 is 0 Å². The lowest BCUT2D eigenvalue weighted by atomic mass is 10.1. The summed E-state index contributed by atoms with van der Waals surface area (Å²) >= 11 is 0. The number of hydrogen-bond donors (Lipinski definition) is 0. The Morgan fingerprint density at radius 3 is 2.27 bits per heavy atom. The van der Waals surface area contributed by atoms with E-state index in [1.165, 1.54) is 7.11 Å². The largest absolute Gasteiger partial charge is 0.469 e. The van der Waals surface area contributed by atoms with Gasteiger partial charge in [0.25, 0.3) is 0 Å². The number of likely N-dealkylation sites (tertiary alicyclic amines) is 1. The second kappa shape index (κ2) is 10.8. The summed E-state index contributed by atoms with van der Waals surface area (Å²) in [6, 6.07) is -0.0363. The van der Waals surface area contributed by atoms with Crippen molar-refractivity contribution in [3.05, 3.63) is 12.2 Å². The Labute approximate surface area is 184 Å². The molecule has 0 N–H and O–H groups in total. The lowest BCUT2D eigenvalue weighted by Gasteiger charge is -2.40. The standard InChI is InChI=1S/C23H43NO5Si/c1-22(2,3)28-21(26)24-17-16-19(29-30(8,9)23(4,5)6)18(24)14-12-10-11-13-15-20(25)27-7/h10,12,18-19H,11,13-17H2,1-9H3/t18-,19?/m1/s1. The highest BCUT2D eigenvalue weighted by Crippen LogP contribution is 2.40. The van der Waals surface area contributed by atoms with Crippen molar-refractivity contribution in [1.29, 1.82) is 0 Å². The third kappa shape index (κ3) is 8.42. The Hall–Kier alpha value is -1.34. The smallest absolute Gasteiger partial charge is 0.410 e. The fraction of sp³-hybridized carbons (Fsp3) is 0.826. The van der Waals surface area contributed by atoms with Crippen molar-refractivity contribution >= 4 is 20.4 Å². The highest BCUT2D eigenvalue weighted by molar-refractivity contribution is 6.74. The SMILES string of the molecule is COC(=O)CCCC=CC[C@@H]1C(O[Si](C)(C)C(C)(C)C)CCN1C(=O)OC(C)(C)C. The van der Waals surface area contributed by atoms with Crippen LogP contribution in [0.15, 0.2) is 12.2 Å². The summed E-state index contributed by atoms with van der Waals surface area (Å²) in [5, 5.41) is 0.112. The van der Waals surface area contributed by atoms with Gasteiger partial charge in [-0.05, 0) is 64.6 Å². The Kier molecular flexibility index (Phi) is 9.61. The van der Waals surface area contributed by atoms with Crippen LogP contribution in [-0.2, 0) is 18.7 Å². The van der Waals surface area contributed by atoms with E-state index in [4.69, 9.17) is 9.16 Å². The van der Waals surface area contributed by atoms with Gasteiger partial charge in [0, 0.05) is 13.0 Å². The average Bonchev–Trinajstić information content (AvgIpc) is 2.97. The number of hydrogen-bond acceptors (Lipinski definition) is 5. The van der Waals surface area contributed by atoms with Gasteiger partial charge >= 0.3 is 12.1 Å². The van der Waals surface area contributed by atoms with Crippen LogP contribution in [0.5, 0.6) is 0 Å². The Morgan fingerprint density at radius 1 is 1.10 bits per heavy atom. The maximum atomic E-state index is 12.8. The number of carbonyl (C=O) groups is 2. The first-order valence-electron chi connectivity index (χ1n) is 11.1. The lowest BCUT2D eigenvalue weighted by Crippen LogP contribution is -2.49. The van der Waals surface area contributed by atoms with E-state index in [2.05, 4.69) is 50.8 Å². The molecule has 1 heterocycles. The summed E-state index contributed by atoms with van der Waals surface area (Å²) < 4.78 is 17.0. The highest BCUT2D eigenvalue weighted by atomic mass is 28.4. The zero-order chi connectivity index (χ0) is 23.2. The fourth-order valence-electron chi connectivity index (χ4n) is 3.16. The maximum absolute atomic E-state index is 12.8. The van der Waals surface area contributed by atoms with Gasteiger partial charge in [-0.25, -0.2) is 4.79 Å². The van der Waals surface area contributed by atoms with Gasteiger partial charge in [0.15, 0.2) is 8.32 Å². The number of carbonyl (C=O) groups excluding carboxylic acids is 2. The maximum Gasteiger partial charge on any atom is 0.410 e. The number of unbranched alkanes of at least 4 members (excludes halogenated alkanes) is 1. The number of allylic oxidation sites excluding steroid dienone is 1. The van der Waals surface area contributed by atoms with E-state index in [0.717, 1.165) is 25.7 Å². The third-order valence-corrected chi connectivity index (χ3v) is 10.4. The number of methoxy groups -OCH3 is 1. The van der Waals surface area contributed by atoms with Gasteiger partial charge in [-0.15, -0.1) is 0 Å². The molecule has 6 nitrogen and oxygen atoms in total. The van der Waals surface area contributed by atoms with Crippen LogP contribution in [0, 0.1) is 0 Å². The van der Waals surface area contributed by atoms with Crippen LogP contribution in [0.4, 0.5) is 4.79 Å². The summed E-state index contributed by atoms with van der Waals surface area (Å²) in [7, 11) is -0.545. The van der Waals surface area contributed by atoms with Gasteiger partial charge in [0.1, 0.15) is 5.60 Å². The molecule has 1 unspecified atom stereocenters. The average molecular weight is 442 g/mol. The quantitative estimate of drug-likeness (QED) is 0.210. The second-order valence-electron chi connectivity index (χ2n) is 10.6. The fourth-order valence-corrected chi connectivity index (χ4v) is 4.55. The molecule has 0 bridgehead atoms. The van der Waals surface area contributed by atoms with E-state index in [-0.39, 0.29) is 29.2 Å². The first-order chi connectivity index (χ1) is 13.7. The molecule has 0 spiro atoms. The van der Waals surface area contributed by atoms with Crippen LogP contribution in [0.3, 0.4) is 0 Å². The molecule has 2 atom stereocenters. The molecule has 7 heteroatoms. The Morgan fingerprint density at radius 2 is 1.73 bits per heavy atom. The highest BCUT2D eigenvalue weighted by Gasteiger charge is 2.45. The molecule has 0 radical (unpaired) electrons. The third-order valence-electron chi connectivity index (χ3n) is 5.89. The van der Waals surface area contributed by atoms with Crippen LogP contribution >= 0.6 is 0 Å². The minimum atomic E-state index is -1.95. The monoisotopic (exact) mass is 441 g/mol. The summed E-state index contributed by atoms with van der Waals surface area (Å²) in [5.41, 5.74) is -0.524. The molecular weight excluding hydrogens is 398 g/mol. The zero-order valence-electron chi connectivity index (χ0n) is 20.5. The van der Waals surface area contributed by atoms with E-state index in [1.807, 2.05) is 25.7 Å². The normalized spacial score (nSPS) is 20.6. The molecule has 0 aromatic heterocycles. The molecule has 174 valence electrons. The van der Waals surface area contributed by atoms with Gasteiger partial charge in [-0.2, -0.15) is 0 Å². The van der Waals surface area contributed by atoms with Crippen molar-refractivity contribution in [3.63, 3.8) is 0 Å². The van der Waals surface area contributed by atoms with Gasteiger partial charge in [0.2, 0.25) is 0 Å². The van der Waals surface area contributed by atoms with Gasteiger partial charge in [-0.1, -0.05) is 32.9 Å². The van der Waals surface area contributed by atoms with Crippen molar-refractivity contribution in [1.82, 2.24) is 4.90 Å². The number of amides is 1.